The highest BCUT2D eigenvalue weighted by atomic mass is 32.2. The SMILES string of the molecule is N#CCC1(CC#N)CS(=O)(=O)c2ccccc21. The summed E-state index contributed by atoms with van der Waals surface area (Å²) in [4.78, 5) is 0.269. The van der Waals surface area contributed by atoms with Crippen molar-refractivity contribution in [2.75, 3.05) is 5.75 Å². The van der Waals surface area contributed by atoms with E-state index in [1.807, 2.05) is 12.1 Å². The molecule has 1 heterocycles. The molecule has 0 aromatic heterocycles. The Morgan fingerprint density at radius 2 is 1.76 bits per heavy atom. The molecule has 0 unspecified atom stereocenters. The summed E-state index contributed by atoms with van der Waals surface area (Å²) in [5.74, 6) is -0.138. The quantitative estimate of drug-likeness (QED) is 0.792. The van der Waals surface area contributed by atoms with Gasteiger partial charge in [-0.1, -0.05) is 18.2 Å². The Balaban J connectivity index is 2.68. The lowest BCUT2D eigenvalue weighted by Gasteiger charge is -2.22. The molecule has 17 heavy (non-hydrogen) atoms. The molecule has 1 aromatic carbocycles. The van der Waals surface area contributed by atoms with Gasteiger partial charge in [0.25, 0.3) is 0 Å². The summed E-state index contributed by atoms with van der Waals surface area (Å²) >= 11 is 0. The van der Waals surface area contributed by atoms with Gasteiger partial charge < -0.3 is 0 Å². The van der Waals surface area contributed by atoms with Crippen LogP contribution in [0.2, 0.25) is 0 Å². The van der Waals surface area contributed by atoms with Gasteiger partial charge in [0.05, 0.1) is 22.8 Å². The third-order valence-corrected chi connectivity index (χ3v) is 5.05. The first-order valence-corrected chi connectivity index (χ1v) is 6.77. The minimum Gasteiger partial charge on any atom is -0.224 e. The van der Waals surface area contributed by atoms with Gasteiger partial charge in [0.2, 0.25) is 0 Å². The Kier molecular flexibility index (Phi) is 2.65. The summed E-state index contributed by atoms with van der Waals surface area (Å²) in [5.41, 5.74) is -0.234. The van der Waals surface area contributed by atoms with Gasteiger partial charge in [-0.3, -0.25) is 0 Å². The van der Waals surface area contributed by atoms with Gasteiger partial charge in [0.1, 0.15) is 0 Å². The highest BCUT2D eigenvalue weighted by molar-refractivity contribution is 7.91. The van der Waals surface area contributed by atoms with Crippen molar-refractivity contribution in [3.8, 4) is 12.1 Å². The largest absolute Gasteiger partial charge is 0.224 e. The lowest BCUT2D eigenvalue weighted by Crippen LogP contribution is -2.27. The van der Waals surface area contributed by atoms with Crippen LogP contribution < -0.4 is 0 Å². The molecule has 0 spiro atoms. The predicted octanol–water partition coefficient (Wildman–Crippen LogP) is 1.54. The third kappa shape index (κ3) is 1.69. The molecular formula is C12H10N2O2S. The molecule has 1 aliphatic rings. The van der Waals surface area contributed by atoms with Gasteiger partial charge >= 0.3 is 0 Å². The maximum Gasteiger partial charge on any atom is 0.179 e. The zero-order chi connectivity index (χ0) is 12.5. The van der Waals surface area contributed by atoms with E-state index in [0.717, 1.165) is 0 Å². The van der Waals surface area contributed by atoms with Crippen LogP contribution in [0.4, 0.5) is 0 Å². The van der Waals surface area contributed by atoms with Crippen LogP contribution in [-0.4, -0.2) is 14.2 Å². The molecule has 0 saturated carbocycles. The van der Waals surface area contributed by atoms with Crippen LogP contribution in [0.15, 0.2) is 29.2 Å². The predicted molar refractivity (Wildman–Crippen MR) is 60.6 cm³/mol. The molecule has 0 bridgehead atoms. The number of benzene rings is 1. The van der Waals surface area contributed by atoms with E-state index in [2.05, 4.69) is 0 Å². The molecule has 0 atom stereocenters. The molecule has 0 amide bonds. The highest BCUT2D eigenvalue weighted by Crippen LogP contribution is 2.44. The van der Waals surface area contributed by atoms with Crippen LogP contribution in [-0.2, 0) is 15.3 Å². The van der Waals surface area contributed by atoms with E-state index in [4.69, 9.17) is 10.5 Å². The first-order valence-electron chi connectivity index (χ1n) is 5.12. The van der Waals surface area contributed by atoms with Gasteiger partial charge in [-0.25, -0.2) is 8.42 Å². The second-order valence-corrected chi connectivity index (χ2v) is 6.16. The number of sulfone groups is 1. The molecule has 0 saturated heterocycles. The van der Waals surface area contributed by atoms with Crippen LogP contribution in [0.1, 0.15) is 18.4 Å². The van der Waals surface area contributed by atoms with Gasteiger partial charge in [-0.15, -0.1) is 0 Å². The van der Waals surface area contributed by atoms with Crippen LogP contribution in [0.3, 0.4) is 0 Å². The van der Waals surface area contributed by atoms with Crippen LogP contribution in [0, 0.1) is 22.7 Å². The van der Waals surface area contributed by atoms with Crippen LogP contribution in [0.5, 0.6) is 0 Å². The Morgan fingerprint density at radius 3 is 2.35 bits per heavy atom. The van der Waals surface area contributed by atoms with Crippen LogP contribution in [0.25, 0.3) is 0 Å². The highest BCUT2D eigenvalue weighted by Gasteiger charge is 2.46. The van der Waals surface area contributed by atoms with Crippen molar-refractivity contribution >= 4 is 9.84 Å². The zero-order valence-electron chi connectivity index (χ0n) is 9.05. The fourth-order valence-electron chi connectivity index (χ4n) is 2.35. The molecule has 0 aliphatic carbocycles. The maximum absolute atomic E-state index is 12.0. The van der Waals surface area contributed by atoms with Crippen LogP contribution >= 0.6 is 0 Å². The molecule has 1 aromatic rings. The number of nitriles is 2. The average Bonchev–Trinajstić information content (AvgIpc) is 2.50. The molecule has 0 N–H and O–H groups in total. The van der Waals surface area contributed by atoms with E-state index in [0.29, 0.717) is 5.56 Å². The smallest absolute Gasteiger partial charge is 0.179 e. The third-order valence-electron chi connectivity index (χ3n) is 3.09. The fraction of sp³-hybridized carbons (Fsp3) is 0.333. The Bertz CT molecular complexity index is 619. The van der Waals surface area contributed by atoms with Gasteiger partial charge in [0.15, 0.2) is 9.84 Å². The van der Waals surface area contributed by atoms with Crippen molar-refractivity contribution < 1.29 is 8.42 Å². The summed E-state index contributed by atoms with van der Waals surface area (Å²) in [6, 6.07) is 10.6. The second-order valence-electron chi connectivity index (χ2n) is 4.21. The summed E-state index contributed by atoms with van der Waals surface area (Å²) in [6.45, 7) is 0. The van der Waals surface area contributed by atoms with Gasteiger partial charge in [0, 0.05) is 18.3 Å². The molecule has 86 valence electrons. The van der Waals surface area contributed by atoms with Crippen molar-refractivity contribution in [1.82, 2.24) is 0 Å². The van der Waals surface area contributed by atoms with E-state index < -0.39 is 15.3 Å². The number of nitrogens with zero attached hydrogens (tertiary/aromatic N) is 2. The van der Waals surface area contributed by atoms with E-state index in [-0.39, 0.29) is 23.5 Å². The van der Waals surface area contributed by atoms with E-state index in [9.17, 15) is 8.42 Å². The summed E-state index contributed by atoms with van der Waals surface area (Å²) in [7, 11) is -3.36. The van der Waals surface area contributed by atoms with E-state index in [1.54, 1.807) is 24.3 Å². The van der Waals surface area contributed by atoms with Crippen molar-refractivity contribution in [3.63, 3.8) is 0 Å². The average molecular weight is 246 g/mol. The standard InChI is InChI=1S/C12H10N2O2S/c13-7-5-12(6-8-14)9-17(15,16)11-4-2-1-3-10(11)12/h1-4H,5-6,9H2. The Morgan fingerprint density at radius 1 is 1.18 bits per heavy atom. The fourth-order valence-corrected chi connectivity index (χ4v) is 4.50. The maximum atomic E-state index is 12.0. The summed E-state index contributed by atoms with van der Waals surface area (Å²) in [5, 5.41) is 17.7. The lowest BCUT2D eigenvalue weighted by molar-refractivity contribution is 0.499. The van der Waals surface area contributed by atoms with Gasteiger partial charge in [-0.2, -0.15) is 10.5 Å². The molecule has 0 radical (unpaired) electrons. The van der Waals surface area contributed by atoms with Gasteiger partial charge in [-0.05, 0) is 11.6 Å². The molecule has 5 heteroatoms. The molecule has 4 nitrogen and oxygen atoms in total. The Hall–Kier alpha value is -1.85. The van der Waals surface area contributed by atoms with E-state index >= 15 is 0 Å². The van der Waals surface area contributed by atoms with E-state index in [1.165, 1.54) is 0 Å². The van der Waals surface area contributed by atoms with Crippen molar-refractivity contribution in [2.24, 2.45) is 0 Å². The first-order chi connectivity index (χ1) is 8.06. The number of fused-ring (bicyclic) bond motifs is 1. The number of rotatable bonds is 2. The lowest BCUT2D eigenvalue weighted by atomic mass is 9.77. The van der Waals surface area contributed by atoms with Crippen molar-refractivity contribution in [2.45, 2.75) is 23.2 Å². The first kappa shape index (κ1) is 11.6. The minimum absolute atomic E-state index is 0.0524. The second kappa shape index (κ2) is 3.87. The van der Waals surface area contributed by atoms with Crippen molar-refractivity contribution in [1.29, 1.82) is 10.5 Å². The monoisotopic (exact) mass is 246 g/mol. The summed E-state index contributed by atoms with van der Waals surface area (Å²) < 4.78 is 24.0. The molecule has 1 aliphatic heterocycles. The zero-order valence-corrected chi connectivity index (χ0v) is 9.87. The summed E-state index contributed by atoms with van der Waals surface area (Å²) in [6.07, 6.45) is 0.105. The Labute approximate surface area is 100 Å². The molecule has 2 rings (SSSR count). The topological polar surface area (TPSA) is 81.7 Å². The number of hydrogen-bond acceptors (Lipinski definition) is 4. The number of hydrogen-bond donors (Lipinski definition) is 0. The molecule has 0 fully saturated rings. The molecular weight excluding hydrogens is 236 g/mol. The van der Waals surface area contributed by atoms with Crippen molar-refractivity contribution in [3.05, 3.63) is 29.8 Å². The normalized spacial score (nSPS) is 18.9. The minimum atomic E-state index is -3.36.